The van der Waals surface area contributed by atoms with Gasteiger partial charge in [0.2, 0.25) is 0 Å². The van der Waals surface area contributed by atoms with Crippen molar-refractivity contribution in [1.82, 2.24) is 0 Å². The molecule has 0 aliphatic heterocycles. The van der Waals surface area contributed by atoms with Gasteiger partial charge in [0.05, 0.1) is 0 Å². The second-order valence-electron chi connectivity index (χ2n) is 5.32. The Balaban J connectivity index is 0.000000412. The fourth-order valence-electron chi connectivity index (χ4n) is 2.01. The van der Waals surface area contributed by atoms with Crippen LogP contribution in [0.3, 0.4) is 0 Å². The molecule has 0 atom stereocenters. The summed E-state index contributed by atoms with van der Waals surface area (Å²) < 4.78 is 0. The van der Waals surface area contributed by atoms with E-state index in [1.807, 2.05) is 105 Å². The van der Waals surface area contributed by atoms with Crippen LogP contribution < -0.4 is 4.90 Å². The molecule has 2 aliphatic carbocycles. The maximum absolute atomic E-state index is 11.9. The molecule has 3 rings (SSSR count). The summed E-state index contributed by atoms with van der Waals surface area (Å²) in [5.41, 5.74) is 2.85. The first-order valence-electron chi connectivity index (χ1n) is 7.55. The molecule has 0 heterocycles. The second-order valence-corrected chi connectivity index (χ2v) is 5.32. The molecule has 1 aromatic rings. The summed E-state index contributed by atoms with van der Waals surface area (Å²) in [5.74, 6) is 0.0292. The van der Waals surface area contributed by atoms with Gasteiger partial charge in [0.1, 0.15) is 0 Å². The van der Waals surface area contributed by atoms with Gasteiger partial charge < -0.3 is 4.90 Å². The van der Waals surface area contributed by atoms with E-state index < -0.39 is 0 Å². The van der Waals surface area contributed by atoms with Crippen LogP contribution in [0.2, 0.25) is 0 Å². The van der Waals surface area contributed by atoms with Crippen molar-refractivity contribution in [2.75, 3.05) is 19.0 Å². The van der Waals surface area contributed by atoms with Gasteiger partial charge in [-0.1, -0.05) is 48.6 Å². The quantitative estimate of drug-likeness (QED) is 0.448. The molecule has 2 radical (unpaired) electrons. The van der Waals surface area contributed by atoms with Crippen molar-refractivity contribution in [3.63, 3.8) is 0 Å². The normalized spacial score (nSPS) is 14.2. The summed E-state index contributed by atoms with van der Waals surface area (Å²) >= 11 is 0. The fourth-order valence-corrected chi connectivity index (χ4v) is 2.01. The van der Waals surface area contributed by atoms with E-state index in [2.05, 4.69) is 0 Å². The Morgan fingerprint density at radius 2 is 1.58 bits per heavy atom. The zero-order valence-electron chi connectivity index (χ0n) is 13.9. The number of hydrogen-bond donors (Lipinski definition) is 0. The smallest absolute Gasteiger partial charge is 0.185 e. The van der Waals surface area contributed by atoms with Crippen LogP contribution >= 0.6 is 0 Å². The van der Waals surface area contributed by atoms with Crippen molar-refractivity contribution < 1.29 is 21.9 Å². The number of ketones is 1. The third-order valence-electron chi connectivity index (χ3n) is 3.34. The molecule has 3 heteroatoms. The van der Waals surface area contributed by atoms with Crippen LogP contribution in [-0.2, 0) is 17.1 Å². The van der Waals surface area contributed by atoms with Crippen LogP contribution in [0.4, 0.5) is 5.69 Å². The molecular weight excluding hydrogens is 338 g/mol. The summed E-state index contributed by atoms with van der Waals surface area (Å²) in [6, 6.07) is 7.60. The first-order chi connectivity index (χ1) is 11.2. The predicted molar refractivity (Wildman–Crippen MR) is 98.3 cm³/mol. The first kappa shape index (κ1) is 20.0. The number of anilines is 1. The summed E-state index contributed by atoms with van der Waals surface area (Å²) in [4.78, 5) is 13.9. The minimum absolute atomic E-state index is 0. The standard InChI is InChI=1S/C16H16NO.C5H5.Fe/c1-17(2)15-10-8-14(9-11-15)16(18)12-7-13-5-3-4-6-13;1-2-4-5-3-1;/h3-12H,1-2H3;1-5H;/b12-7+;;. The molecule has 2 nitrogen and oxygen atoms in total. The van der Waals surface area contributed by atoms with Gasteiger partial charge in [-0.05, 0) is 35.9 Å². The number of carbonyl (C=O) groups is 1. The number of rotatable bonds is 4. The van der Waals surface area contributed by atoms with Crippen molar-refractivity contribution in [3.05, 3.63) is 103 Å². The van der Waals surface area contributed by atoms with Crippen LogP contribution in [0.5, 0.6) is 0 Å². The Labute approximate surface area is 155 Å². The minimum atomic E-state index is 0. The molecule has 0 fully saturated rings. The van der Waals surface area contributed by atoms with Crippen LogP contribution in [0.25, 0.3) is 0 Å². The Bertz CT molecular complexity index is 666. The number of hydrogen-bond acceptors (Lipinski definition) is 2. The van der Waals surface area contributed by atoms with E-state index in [0.717, 1.165) is 11.3 Å². The largest absolute Gasteiger partial charge is 0.378 e. The van der Waals surface area contributed by atoms with Gasteiger partial charge in [0.25, 0.3) is 0 Å². The molecule has 0 amide bonds. The number of allylic oxidation sites excluding steroid dienone is 10. The van der Waals surface area contributed by atoms with E-state index in [1.54, 1.807) is 6.08 Å². The van der Waals surface area contributed by atoms with Gasteiger partial charge in [0.15, 0.2) is 5.78 Å². The van der Waals surface area contributed by atoms with Crippen molar-refractivity contribution >= 4 is 11.5 Å². The topological polar surface area (TPSA) is 20.3 Å². The van der Waals surface area contributed by atoms with Crippen molar-refractivity contribution in [2.24, 2.45) is 0 Å². The van der Waals surface area contributed by atoms with E-state index in [4.69, 9.17) is 0 Å². The van der Waals surface area contributed by atoms with E-state index in [-0.39, 0.29) is 22.9 Å². The van der Waals surface area contributed by atoms with Gasteiger partial charge in [-0.2, -0.15) is 0 Å². The Kier molecular flexibility index (Phi) is 8.85. The predicted octanol–water partition coefficient (Wildman–Crippen LogP) is 4.51. The summed E-state index contributed by atoms with van der Waals surface area (Å²) in [6.45, 7) is 0. The third kappa shape index (κ3) is 6.57. The number of benzene rings is 1. The molecule has 0 aromatic heterocycles. The molecular formula is C21H21FeNO. The van der Waals surface area contributed by atoms with Gasteiger partial charge in [-0.25, -0.2) is 0 Å². The molecule has 0 saturated carbocycles. The minimum Gasteiger partial charge on any atom is -0.378 e. The van der Waals surface area contributed by atoms with Gasteiger partial charge >= 0.3 is 0 Å². The number of nitrogens with zero attached hydrogens (tertiary/aromatic N) is 1. The maximum atomic E-state index is 11.9. The Morgan fingerprint density at radius 1 is 0.917 bits per heavy atom. The van der Waals surface area contributed by atoms with Gasteiger partial charge in [0, 0.05) is 55.3 Å². The maximum Gasteiger partial charge on any atom is 0.185 e. The summed E-state index contributed by atoms with van der Waals surface area (Å²) in [6.07, 6.45) is 21.3. The Hall–Kier alpha value is -2.09. The molecule has 0 saturated heterocycles. The van der Waals surface area contributed by atoms with Crippen molar-refractivity contribution in [1.29, 1.82) is 0 Å². The van der Waals surface area contributed by atoms with Crippen LogP contribution in [-0.4, -0.2) is 19.9 Å². The monoisotopic (exact) mass is 359 g/mol. The fraction of sp³-hybridized carbons (Fsp3) is 0.0952. The summed E-state index contributed by atoms with van der Waals surface area (Å²) in [5, 5.41) is 0. The number of carbonyl (C=O) groups excluding carboxylic acids is 1. The average molecular weight is 359 g/mol. The van der Waals surface area contributed by atoms with E-state index in [9.17, 15) is 4.79 Å². The molecule has 124 valence electrons. The van der Waals surface area contributed by atoms with Crippen LogP contribution in [0.15, 0.2) is 84.5 Å². The van der Waals surface area contributed by atoms with E-state index >= 15 is 0 Å². The van der Waals surface area contributed by atoms with E-state index in [1.165, 1.54) is 0 Å². The molecule has 0 N–H and O–H groups in total. The van der Waals surface area contributed by atoms with Crippen LogP contribution in [0.1, 0.15) is 10.4 Å². The first-order valence-corrected chi connectivity index (χ1v) is 7.55. The molecule has 0 unspecified atom stereocenters. The van der Waals surface area contributed by atoms with E-state index in [0.29, 0.717) is 5.56 Å². The third-order valence-corrected chi connectivity index (χ3v) is 3.34. The van der Waals surface area contributed by atoms with Gasteiger partial charge in [-0.15, -0.1) is 0 Å². The molecule has 24 heavy (non-hydrogen) atoms. The zero-order valence-corrected chi connectivity index (χ0v) is 15.0. The zero-order chi connectivity index (χ0) is 16.5. The molecule has 0 bridgehead atoms. The summed E-state index contributed by atoms with van der Waals surface area (Å²) in [7, 11) is 3.96. The van der Waals surface area contributed by atoms with Gasteiger partial charge in [-0.3, -0.25) is 4.79 Å². The van der Waals surface area contributed by atoms with Crippen molar-refractivity contribution in [3.8, 4) is 0 Å². The SMILES string of the molecule is CN(C)c1ccc(C(=O)/C=C/C2=C[CH]C=C2)cc1.[CH]1C=CC=C1.[Fe]. The molecule has 1 aromatic carbocycles. The Morgan fingerprint density at radius 3 is 2.04 bits per heavy atom. The molecule has 0 spiro atoms. The van der Waals surface area contributed by atoms with Crippen molar-refractivity contribution in [2.45, 2.75) is 0 Å². The van der Waals surface area contributed by atoms with Crippen LogP contribution in [0, 0.1) is 12.8 Å². The second kappa shape index (κ2) is 10.6. The molecule has 2 aliphatic rings. The average Bonchev–Trinajstić information content (AvgIpc) is 3.28.